The Labute approximate surface area is 153 Å². The molecule has 0 aromatic heterocycles. The Morgan fingerprint density at radius 1 is 0.346 bits per heavy atom. The van der Waals surface area contributed by atoms with Gasteiger partial charge in [0.15, 0.2) is 0 Å². The van der Waals surface area contributed by atoms with E-state index in [0.717, 1.165) is 0 Å². The van der Waals surface area contributed by atoms with E-state index in [1.54, 1.807) is 0 Å². The molecular weight excluding hydrogens is 312 g/mol. The molecule has 0 bridgehead atoms. The van der Waals surface area contributed by atoms with E-state index >= 15 is 0 Å². The summed E-state index contributed by atoms with van der Waals surface area (Å²) in [7, 11) is 0. The van der Waals surface area contributed by atoms with Gasteiger partial charge in [-0.2, -0.15) is 0 Å². The molecule has 0 radical (unpaired) electrons. The van der Waals surface area contributed by atoms with Crippen molar-refractivity contribution in [1.82, 2.24) is 0 Å². The highest BCUT2D eigenvalue weighted by atomic mass is 14.1. The molecule has 0 spiro atoms. The average molecular weight is 330 g/mol. The summed E-state index contributed by atoms with van der Waals surface area (Å²) in [5.41, 5.74) is 5.05. The Hall–Kier alpha value is -3.38. The number of benzene rings is 5. The molecule has 0 aliphatic carbocycles. The second-order valence-electron chi connectivity index (χ2n) is 6.67. The molecule has 26 heavy (non-hydrogen) atoms. The summed E-state index contributed by atoms with van der Waals surface area (Å²) in [5.74, 6) is 0. The van der Waals surface area contributed by atoms with Crippen molar-refractivity contribution in [2.75, 3.05) is 0 Å². The van der Waals surface area contributed by atoms with Crippen molar-refractivity contribution in [2.45, 2.75) is 0 Å². The van der Waals surface area contributed by atoms with Crippen LogP contribution in [0.4, 0.5) is 0 Å². The van der Waals surface area contributed by atoms with Crippen molar-refractivity contribution in [2.24, 2.45) is 0 Å². The molecule has 0 amide bonds. The van der Waals surface area contributed by atoms with Gasteiger partial charge in [-0.25, -0.2) is 0 Å². The van der Waals surface area contributed by atoms with Crippen LogP contribution in [0.25, 0.3) is 43.8 Å². The van der Waals surface area contributed by atoms with E-state index in [0.29, 0.717) is 0 Å². The van der Waals surface area contributed by atoms with Gasteiger partial charge in [0.2, 0.25) is 0 Å². The molecule has 0 nitrogen and oxygen atoms in total. The van der Waals surface area contributed by atoms with Crippen molar-refractivity contribution in [3.63, 3.8) is 0 Å². The summed E-state index contributed by atoms with van der Waals surface area (Å²) in [4.78, 5) is 0. The maximum Gasteiger partial charge on any atom is -0.0105 e. The molecule has 0 aliphatic heterocycles. The molecule has 122 valence electrons. The molecule has 0 fully saturated rings. The topological polar surface area (TPSA) is 0 Å². The van der Waals surface area contributed by atoms with Gasteiger partial charge in [0.05, 0.1) is 0 Å². The minimum atomic E-state index is 1.25. The number of hydrogen-bond acceptors (Lipinski definition) is 0. The number of hydrogen-bond donors (Lipinski definition) is 0. The second kappa shape index (κ2) is 6.16. The fourth-order valence-electron chi connectivity index (χ4n) is 3.71. The lowest BCUT2D eigenvalue weighted by molar-refractivity contribution is 1.62. The Morgan fingerprint density at radius 2 is 1.00 bits per heavy atom. The second-order valence-corrected chi connectivity index (χ2v) is 6.67. The van der Waals surface area contributed by atoms with E-state index in [2.05, 4.69) is 109 Å². The average Bonchev–Trinajstić information content (AvgIpc) is 2.73. The maximum absolute atomic E-state index is 2.30. The lowest BCUT2D eigenvalue weighted by atomic mass is 9.94. The normalized spacial score (nSPS) is 11.1. The van der Waals surface area contributed by atoms with Crippen molar-refractivity contribution in [3.05, 3.63) is 109 Å². The van der Waals surface area contributed by atoms with Crippen LogP contribution in [0.2, 0.25) is 0 Å². The SMILES string of the molecule is c1cc(-c2ccc3ccccc3c2)cc(-c2cccc3ccccc23)c1. The Morgan fingerprint density at radius 3 is 1.92 bits per heavy atom. The standard InChI is InChI=1S/C26H18/c1-2-9-21-17-23(16-15-19(21)7-1)22-11-5-12-24(18-22)26-14-6-10-20-8-3-4-13-25(20)26/h1-18H. The van der Waals surface area contributed by atoms with Gasteiger partial charge in [0, 0.05) is 0 Å². The van der Waals surface area contributed by atoms with Crippen LogP contribution in [0.5, 0.6) is 0 Å². The highest BCUT2D eigenvalue weighted by molar-refractivity contribution is 5.97. The summed E-state index contributed by atoms with van der Waals surface area (Å²) in [6.45, 7) is 0. The summed E-state index contributed by atoms with van der Waals surface area (Å²) in [6, 6.07) is 39.2. The number of rotatable bonds is 2. The summed E-state index contributed by atoms with van der Waals surface area (Å²) < 4.78 is 0. The van der Waals surface area contributed by atoms with Crippen LogP contribution in [0.3, 0.4) is 0 Å². The Kier molecular flexibility index (Phi) is 3.54. The monoisotopic (exact) mass is 330 g/mol. The first-order chi connectivity index (χ1) is 12.9. The van der Waals surface area contributed by atoms with Gasteiger partial charge < -0.3 is 0 Å². The third kappa shape index (κ3) is 2.57. The lowest BCUT2D eigenvalue weighted by Gasteiger charge is -2.10. The highest BCUT2D eigenvalue weighted by Crippen LogP contribution is 2.32. The highest BCUT2D eigenvalue weighted by Gasteiger charge is 2.06. The zero-order chi connectivity index (χ0) is 17.3. The quantitative estimate of drug-likeness (QED) is 0.318. The third-order valence-corrected chi connectivity index (χ3v) is 5.05. The Balaban J connectivity index is 1.66. The third-order valence-electron chi connectivity index (χ3n) is 5.05. The zero-order valence-corrected chi connectivity index (χ0v) is 14.4. The first-order valence-electron chi connectivity index (χ1n) is 8.96. The van der Waals surface area contributed by atoms with Gasteiger partial charge in [0.1, 0.15) is 0 Å². The predicted molar refractivity (Wildman–Crippen MR) is 112 cm³/mol. The van der Waals surface area contributed by atoms with E-state index in [1.165, 1.54) is 43.8 Å². The minimum Gasteiger partial charge on any atom is -0.0616 e. The van der Waals surface area contributed by atoms with Gasteiger partial charge in [-0.05, 0) is 55.9 Å². The van der Waals surface area contributed by atoms with E-state index in [1.807, 2.05) is 0 Å². The molecule has 0 saturated carbocycles. The largest absolute Gasteiger partial charge is 0.0616 e. The summed E-state index contributed by atoms with van der Waals surface area (Å²) >= 11 is 0. The van der Waals surface area contributed by atoms with E-state index in [9.17, 15) is 0 Å². The van der Waals surface area contributed by atoms with E-state index < -0.39 is 0 Å². The van der Waals surface area contributed by atoms with Gasteiger partial charge in [0.25, 0.3) is 0 Å². The van der Waals surface area contributed by atoms with Crippen LogP contribution < -0.4 is 0 Å². The van der Waals surface area contributed by atoms with Gasteiger partial charge in [-0.1, -0.05) is 97.1 Å². The Bertz CT molecular complexity index is 1230. The van der Waals surface area contributed by atoms with Crippen molar-refractivity contribution in [3.8, 4) is 22.3 Å². The molecule has 5 rings (SSSR count). The van der Waals surface area contributed by atoms with E-state index in [4.69, 9.17) is 0 Å². The van der Waals surface area contributed by atoms with Gasteiger partial charge >= 0.3 is 0 Å². The van der Waals surface area contributed by atoms with Crippen LogP contribution >= 0.6 is 0 Å². The maximum atomic E-state index is 2.30. The molecule has 0 N–H and O–H groups in total. The first-order valence-corrected chi connectivity index (χ1v) is 8.96. The van der Waals surface area contributed by atoms with Gasteiger partial charge in [-0.3, -0.25) is 0 Å². The molecular formula is C26H18. The van der Waals surface area contributed by atoms with Crippen LogP contribution in [-0.4, -0.2) is 0 Å². The predicted octanol–water partition coefficient (Wildman–Crippen LogP) is 7.33. The molecule has 0 aliphatic rings. The minimum absolute atomic E-state index is 1.25. The summed E-state index contributed by atoms with van der Waals surface area (Å²) in [5, 5.41) is 5.13. The van der Waals surface area contributed by atoms with Crippen molar-refractivity contribution in [1.29, 1.82) is 0 Å². The van der Waals surface area contributed by atoms with Crippen LogP contribution in [-0.2, 0) is 0 Å². The molecule has 0 atom stereocenters. The van der Waals surface area contributed by atoms with Crippen molar-refractivity contribution < 1.29 is 0 Å². The molecule has 5 aromatic rings. The van der Waals surface area contributed by atoms with Crippen molar-refractivity contribution >= 4 is 21.5 Å². The molecule has 0 saturated heterocycles. The van der Waals surface area contributed by atoms with Gasteiger partial charge in [-0.15, -0.1) is 0 Å². The van der Waals surface area contributed by atoms with Crippen LogP contribution in [0.1, 0.15) is 0 Å². The lowest BCUT2D eigenvalue weighted by Crippen LogP contribution is -1.84. The fourth-order valence-corrected chi connectivity index (χ4v) is 3.71. The first kappa shape index (κ1) is 14.9. The van der Waals surface area contributed by atoms with Crippen LogP contribution in [0, 0.1) is 0 Å². The van der Waals surface area contributed by atoms with Crippen LogP contribution in [0.15, 0.2) is 109 Å². The van der Waals surface area contributed by atoms with E-state index in [-0.39, 0.29) is 0 Å². The number of fused-ring (bicyclic) bond motifs is 2. The molecule has 0 unspecified atom stereocenters. The molecule has 5 aromatic carbocycles. The smallest absolute Gasteiger partial charge is 0.0105 e. The summed E-state index contributed by atoms with van der Waals surface area (Å²) in [6.07, 6.45) is 0. The zero-order valence-electron chi connectivity index (χ0n) is 14.4. The molecule has 0 heteroatoms. The molecule has 0 heterocycles. The fraction of sp³-hybridized carbons (Fsp3) is 0.